The van der Waals surface area contributed by atoms with Crippen molar-refractivity contribution in [1.29, 1.82) is 0 Å². The van der Waals surface area contributed by atoms with Gasteiger partial charge in [0.15, 0.2) is 11.0 Å². The second kappa shape index (κ2) is 10.4. The first-order chi connectivity index (χ1) is 17.2. The van der Waals surface area contributed by atoms with E-state index in [1.807, 2.05) is 96.4 Å². The Balaban J connectivity index is 1.34. The molecule has 0 aliphatic heterocycles. The zero-order valence-electron chi connectivity index (χ0n) is 19.2. The number of thioether (sulfide) groups is 1. The minimum absolute atomic E-state index is 0.102. The molecule has 1 amide bonds. The van der Waals surface area contributed by atoms with E-state index in [9.17, 15) is 4.79 Å². The van der Waals surface area contributed by atoms with Gasteiger partial charge in [-0.05, 0) is 42.6 Å². The largest absolute Gasteiger partial charge is 0.485 e. The standard InChI is InChI=1S/C28H24N4O2S/c1-20-14-16-22(17-15-20)29-27(33)19-35-28-31-30-26(32(28)23-10-3-2-4-11-23)18-34-25-13-7-9-21-8-5-6-12-24(21)25/h2-17H,18-19H2,1H3,(H,29,33). The second-order valence-corrected chi connectivity index (χ2v) is 8.98. The maximum atomic E-state index is 12.5. The van der Waals surface area contributed by atoms with Crippen molar-refractivity contribution in [1.82, 2.24) is 14.8 Å². The third-order valence-electron chi connectivity index (χ3n) is 5.49. The van der Waals surface area contributed by atoms with E-state index < -0.39 is 0 Å². The summed E-state index contributed by atoms with van der Waals surface area (Å²) in [5.74, 6) is 1.56. The molecule has 7 heteroatoms. The number of carbonyl (C=O) groups is 1. The molecule has 0 bridgehead atoms. The van der Waals surface area contributed by atoms with Crippen LogP contribution in [0.5, 0.6) is 5.75 Å². The molecule has 0 atom stereocenters. The molecule has 5 aromatic rings. The summed E-state index contributed by atoms with van der Waals surface area (Å²) in [6.07, 6.45) is 0. The molecule has 5 rings (SSSR count). The van der Waals surface area contributed by atoms with Crippen LogP contribution in [0.15, 0.2) is 102 Å². The Morgan fingerprint density at radius 3 is 2.46 bits per heavy atom. The molecular formula is C28H24N4O2S. The van der Waals surface area contributed by atoms with Gasteiger partial charge in [-0.25, -0.2) is 0 Å². The predicted octanol–water partition coefficient (Wildman–Crippen LogP) is 6.04. The number of para-hydroxylation sites is 1. The molecule has 0 radical (unpaired) electrons. The van der Waals surface area contributed by atoms with Crippen LogP contribution < -0.4 is 10.1 Å². The lowest BCUT2D eigenvalue weighted by Crippen LogP contribution is -2.14. The van der Waals surface area contributed by atoms with Crippen molar-refractivity contribution in [3.8, 4) is 11.4 Å². The smallest absolute Gasteiger partial charge is 0.234 e. The number of anilines is 1. The van der Waals surface area contributed by atoms with E-state index >= 15 is 0 Å². The summed E-state index contributed by atoms with van der Waals surface area (Å²) >= 11 is 1.34. The Morgan fingerprint density at radius 2 is 1.63 bits per heavy atom. The molecule has 6 nitrogen and oxygen atoms in total. The van der Waals surface area contributed by atoms with Gasteiger partial charge in [-0.2, -0.15) is 0 Å². The molecule has 0 fully saturated rings. The highest BCUT2D eigenvalue weighted by atomic mass is 32.2. The number of hydrogen-bond acceptors (Lipinski definition) is 5. The normalized spacial score (nSPS) is 10.9. The molecule has 35 heavy (non-hydrogen) atoms. The number of nitrogens with zero attached hydrogens (tertiary/aromatic N) is 3. The first-order valence-electron chi connectivity index (χ1n) is 11.3. The van der Waals surface area contributed by atoms with Crippen molar-refractivity contribution in [3.05, 3.63) is 108 Å². The molecule has 1 aromatic heterocycles. The monoisotopic (exact) mass is 480 g/mol. The third-order valence-corrected chi connectivity index (χ3v) is 6.42. The van der Waals surface area contributed by atoms with Crippen LogP contribution in [0.25, 0.3) is 16.5 Å². The lowest BCUT2D eigenvalue weighted by Gasteiger charge is -2.12. The maximum Gasteiger partial charge on any atom is 0.234 e. The summed E-state index contributed by atoms with van der Waals surface area (Å²) in [6.45, 7) is 2.26. The summed E-state index contributed by atoms with van der Waals surface area (Å²) in [5.41, 5.74) is 2.83. The Bertz CT molecular complexity index is 1440. The molecule has 1 N–H and O–H groups in total. The fourth-order valence-electron chi connectivity index (χ4n) is 3.75. The highest BCUT2D eigenvalue weighted by Crippen LogP contribution is 2.27. The predicted molar refractivity (Wildman–Crippen MR) is 140 cm³/mol. The minimum Gasteiger partial charge on any atom is -0.485 e. The Morgan fingerprint density at radius 1 is 0.886 bits per heavy atom. The van der Waals surface area contributed by atoms with Crippen LogP contribution in [0.4, 0.5) is 5.69 Å². The molecule has 1 heterocycles. The number of amides is 1. The van der Waals surface area contributed by atoms with E-state index in [0.717, 1.165) is 33.5 Å². The molecule has 174 valence electrons. The van der Waals surface area contributed by atoms with Gasteiger partial charge < -0.3 is 10.1 Å². The summed E-state index contributed by atoms with van der Waals surface area (Å²) in [7, 11) is 0. The van der Waals surface area contributed by atoms with Crippen molar-refractivity contribution >= 4 is 34.1 Å². The van der Waals surface area contributed by atoms with Gasteiger partial charge in [0.2, 0.25) is 5.91 Å². The van der Waals surface area contributed by atoms with Gasteiger partial charge >= 0.3 is 0 Å². The second-order valence-electron chi connectivity index (χ2n) is 8.04. The molecule has 4 aromatic carbocycles. The van der Waals surface area contributed by atoms with E-state index in [-0.39, 0.29) is 18.3 Å². The molecule has 0 saturated heterocycles. The number of rotatable bonds is 8. The number of hydrogen-bond donors (Lipinski definition) is 1. The Kier molecular flexibility index (Phi) is 6.77. The van der Waals surface area contributed by atoms with Gasteiger partial charge in [0.1, 0.15) is 12.4 Å². The van der Waals surface area contributed by atoms with Crippen LogP contribution in [-0.4, -0.2) is 26.4 Å². The number of ether oxygens (including phenoxy) is 1. The molecule has 0 saturated carbocycles. The Hall–Kier alpha value is -4.10. The van der Waals surface area contributed by atoms with Crippen molar-refractivity contribution in [2.45, 2.75) is 18.7 Å². The molecule has 0 unspecified atom stereocenters. The zero-order chi connectivity index (χ0) is 24.0. The number of aromatic nitrogens is 3. The van der Waals surface area contributed by atoms with E-state index in [1.165, 1.54) is 11.8 Å². The number of benzene rings is 4. The van der Waals surface area contributed by atoms with Crippen LogP contribution in [0.2, 0.25) is 0 Å². The summed E-state index contributed by atoms with van der Waals surface area (Å²) < 4.78 is 8.12. The number of carbonyl (C=O) groups excluding carboxylic acids is 1. The van der Waals surface area contributed by atoms with E-state index in [0.29, 0.717) is 11.0 Å². The fourth-order valence-corrected chi connectivity index (χ4v) is 4.52. The average molecular weight is 481 g/mol. The first kappa shape index (κ1) is 22.7. The van der Waals surface area contributed by atoms with Crippen molar-refractivity contribution in [2.75, 3.05) is 11.1 Å². The number of aryl methyl sites for hydroxylation is 1. The minimum atomic E-state index is -0.102. The Labute approximate surface area is 208 Å². The van der Waals surface area contributed by atoms with E-state index in [4.69, 9.17) is 4.74 Å². The van der Waals surface area contributed by atoms with Gasteiger partial charge in [-0.1, -0.05) is 84.1 Å². The van der Waals surface area contributed by atoms with E-state index in [2.05, 4.69) is 27.6 Å². The third kappa shape index (κ3) is 5.36. The van der Waals surface area contributed by atoms with Gasteiger partial charge in [0, 0.05) is 16.8 Å². The van der Waals surface area contributed by atoms with E-state index in [1.54, 1.807) is 0 Å². The quantitative estimate of drug-likeness (QED) is 0.274. The first-order valence-corrected chi connectivity index (χ1v) is 12.3. The topological polar surface area (TPSA) is 69.0 Å². The lowest BCUT2D eigenvalue weighted by atomic mass is 10.1. The molecule has 0 aliphatic carbocycles. The lowest BCUT2D eigenvalue weighted by molar-refractivity contribution is -0.113. The van der Waals surface area contributed by atoms with Crippen molar-refractivity contribution in [3.63, 3.8) is 0 Å². The summed E-state index contributed by atoms with van der Waals surface area (Å²) in [6, 6.07) is 31.7. The molecule has 0 aliphatic rings. The van der Waals surface area contributed by atoms with Crippen LogP contribution in [0, 0.1) is 6.92 Å². The molecule has 0 spiro atoms. The SMILES string of the molecule is Cc1ccc(NC(=O)CSc2nnc(COc3cccc4ccccc34)n2-c2ccccc2)cc1. The summed E-state index contributed by atoms with van der Waals surface area (Å²) in [4.78, 5) is 12.5. The fraction of sp³-hybridized carbons (Fsp3) is 0.107. The van der Waals surface area contributed by atoms with Crippen LogP contribution in [0.1, 0.15) is 11.4 Å². The highest BCUT2D eigenvalue weighted by Gasteiger charge is 2.17. The maximum absolute atomic E-state index is 12.5. The van der Waals surface area contributed by atoms with Crippen LogP contribution >= 0.6 is 11.8 Å². The van der Waals surface area contributed by atoms with Gasteiger partial charge in [-0.3, -0.25) is 9.36 Å². The van der Waals surface area contributed by atoms with Crippen molar-refractivity contribution < 1.29 is 9.53 Å². The average Bonchev–Trinajstić information content (AvgIpc) is 3.31. The van der Waals surface area contributed by atoms with Gasteiger partial charge in [0.05, 0.1) is 5.75 Å². The summed E-state index contributed by atoms with van der Waals surface area (Å²) in [5, 5.41) is 14.5. The van der Waals surface area contributed by atoms with Crippen LogP contribution in [0.3, 0.4) is 0 Å². The zero-order valence-corrected chi connectivity index (χ0v) is 20.0. The van der Waals surface area contributed by atoms with Gasteiger partial charge in [-0.15, -0.1) is 10.2 Å². The molecular weight excluding hydrogens is 456 g/mol. The highest BCUT2D eigenvalue weighted by molar-refractivity contribution is 7.99. The number of fused-ring (bicyclic) bond motifs is 1. The van der Waals surface area contributed by atoms with Gasteiger partial charge in [0.25, 0.3) is 0 Å². The van der Waals surface area contributed by atoms with Crippen molar-refractivity contribution in [2.24, 2.45) is 0 Å². The number of nitrogens with one attached hydrogen (secondary N) is 1. The van der Waals surface area contributed by atoms with Crippen LogP contribution in [-0.2, 0) is 11.4 Å².